The Morgan fingerprint density at radius 3 is 2.42 bits per heavy atom. The molecule has 188 valence electrons. The van der Waals surface area contributed by atoms with Crippen LogP contribution in [0.1, 0.15) is 24.0 Å². The highest BCUT2D eigenvalue weighted by Crippen LogP contribution is 2.39. The zero-order valence-corrected chi connectivity index (χ0v) is 19.6. The van der Waals surface area contributed by atoms with Gasteiger partial charge in [-0.2, -0.15) is 0 Å². The Balaban J connectivity index is 1.21. The average molecular weight is 499 g/mol. The summed E-state index contributed by atoms with van der Waals surface area (Å²) < 4.78 is 53.5. The first-order valence-corrected chi connectivity index (χ1v) is 11.6. The second-order valence-corrected chi connectivity index (χ2v) is 8.98. The van der Waals surface area contributed by atoms with Crippen molar-refractivity contribution in [3.8, 4) is 22.6 Å². The van der Waals surface area contributed by atoms with Crippen LogP contribution in [0.3, 0.4) is 0 Å². The highest BCUT2D eigenvalue weighted by molar-refractivity contribution is 5.89. The molecular formula is C27H25F3N2O4. The zero-order chi connectivity index (χ0) is 25.3. The van der Waals surface area contributed by atoms with Gasteiger partial charge in [-0.15, -0.1) is 13.2 Å². The minimum absolute atomic E-state index is 0.150. The van der Waals surface area contributed by atoms with Crippen molar-refractivity contribution >= 4 is 11.7 Å². The fraction of sp³-hybridized carbons (Fsp3) is 0.296. The summed E-state index contributed by atoms with van der Waals surface area (Å²) in [5, 5.41) is 2.94. The van der Waals surface area contributed by atoms with Gasteiger partial charge in [-0.1, -0.05) is 30.3 Å². The van der Waals surface area contributed by atoms with E-state index in [1.807, 2.05) is 49.4 Å². The number of carbonyl (C=O) groups excluding carboxylic acids is 1. The number of aryl methyl sites for hydroxylation is 1. The second kappa shape index (κ2) is 9.39. The van der Waals surface area contributed by atoms with Gasteiger partial charge in [-0.25, -0.2) is 4.79 Å². The lowest BCUT2D eigenvalue weighted by Crippen LogP contribution is -2.53. The van der Waals surface area contributed by atoms with E-state index in [1.54, 1.807) is 17.0 Å². The molecule has 1 saturated heterocycles. The Morgan fingerprint density at radius 1 is 1.00 bits per heavy atom. The van der Waals surface area contributed by atoms with E-state index < -0.39 is 12.1 Å². The van der Waals surface area contributed by atoms with E-state index in [4.69, 9.17) is 9.47 Å². The molecule has 2 amide bonds. The van der Waals surface area contributed by atoms with Crippen LogP contribution in [0.25, 0.3) is 11.1 Å². The lowest BCUT2D eigenvalue weighted by molar-refractivity contribution is -0.274. The summed E-state index contributed by atoms with van der Waals surface area (Å²) in [4.78, 5) is 14.4. The van der Waals surface area contributed by atoms with Crippen LogP contribution in [0, 0.1) is 6.92 Å². The summed E-state index contributed by atoms with van der Waals surface area (Å²) in [6, 6.07) is 18.9. The lowest BCUT2D eigenvalue weighted by Gasteiger charge is -2.44. The largest absolute Gasteiger partial charge is 0.573 e. The normalized spacial score (nSPS) is 16.7. The van der Waals surface area contributed by atoms with E-state index in [1.165, 1.54) is 12.1 Å². The Morgan fingerprint density at radius 2 is 1.72 bits per heavy atom. The fourth-order valence-electron chi connectivity index (χ4n) is 4.48. The van der Waals surface area contributed by atoms with Crippen LogP contribution < -0.4 is 14.8 Å². The van der Waals surface area contributed by atoms with Crippen molar-refractivity contribution in [1.82, 2.24) is 4.90 Å². The number of halogens is 3. The first-order chi connectivity index (χ1) is 17.2. The Bertz CT molecular complexity index is 1250. The minimum atomic E-state index is -4.72. The number of nitrogens with one attached hydrogen (secondary N) is 1. The molecule has 0 aliphatic carbocycles. The van der Waals surface area contributed by atoms with Crippen LogP contribution >= 0.6 is 0 Å². The van der Waals surface area contributed by atoms with Crippen LogP contribution in [0.15, 0.2) is 66.7 Å². The van der Waals surface area contributed by atoms with Gasteiger partial charge in [-0.3, -0.25) is 0 Å². The summed E-state index contributed by atoms with van der Waals surface area (Å²) in [5.74, 6) is -0.345. The predicted molar refractivity (Wildman–Crippen MR) is 128 cm³/mol. The lowest BCUT2D eigenvalue weighted by atomic mass is 9.99. The first-order valence-electron chi connectivity index (χ1n) is 11.6. The number of piperidine rings is 1. The number of anilines is 1. The molecule has 5 rings (SSSR count). The predicted octanol–water partition coefficient (Wildman–Crippen LogP) is 6.49. The maximum Gasteiger partial charge on any atom is 0.573 e. The molecule has 2 aliphatic heterocycles. The molecule has 0 aromatic heterocycles. The van der Waals surface area contributed by atoms with Crippen molar-refractivity contribution in [1.29, 1.82) is 0 Å². The number of alkyl halides is 3. The molecule has 6 nitrogen and oxygen atoms in total. The summed E-state index contributed by atoms with van der Waals surface area (Å²) >= 11 is 0. The molecule has 3 aromatic carbocycles. The van der Waals surface area contributed by atoms with Gasteiger partial charge in [0.1, 0.15) is 11.5 Å². The van der Waals surface area contributed by atoms with Crippen LogP contribution in [0.4, 0.5) is 23.7 Å². The quantitative estimate of drug-likeness (QED) is 0.448. The van der Waals surface area contributed by atoms with E-state index in [-0.39, 0.29) is 11.8 Å². The van der Waals surface area contributed by atoms with E-state index >= 15 is 0 Å². The smallest absolute Gasteiger partial charge is 0.462 e. The number of benzene rings is 3. The summed E-state index contributed by atoms with van der Waals surface area (Å²) in [6.07, 6.45) is -3.65. The van der Waals surface area contributed by atoms with E-state index in [2.05, 4.69) is 10.1 Å². The molecule has 2 heterocycles. The third kappa shape index (κ3) is 5.41. The summed E-state index contributed by atoms with van der Waals surface area (Å²) in [7, 11) is 0. The number of nitrogens with zero attached hydrogens (tertiary/aromatic N) is 1. The maximum atomic E-state index is 12.7. The maximum absolute atomic E-state index is 12.7. The van der Waals surface area contributed by atoms with Gasteiger partial charge in [-0.05, 0) is 60.0 Å². The first kappa shape index (κ1) is 24.0. The van der Waals surface area contributed by atoms with Gasteiger partial charge in [0.2, 0.25) is 5.79 Å². The molecule has 1 N–H and O–H groups in total. The highest BCUT2D eigenvalue weighted by atomic mass is 19.4. The van der Waals surface area contributed by atoms with Gasteiger partial charge < -0.3 is 24.4 Å². The Hall–Kier alpha value is -3.72. The van der Waals surface area contributed by atoms with Gasteiger partial charge >= 0.3 is 12.4 Å². The number of urea groups is 1. The summed E-state index contributed by atoms with van der Waals surface area (Å²) in [5.41, 5.74) is 4.27. The van der Waals surface area contributed by atoms with E-state index in [0.29, 0.717) is 38.3 Å². The highest BCUT2D eigenvalue weighted by Gasteiger charge is 2.42. The molecule has 0 saturated carbocycles. The molecule has 0 unspecified atom stereocenters. The monoisotopic (exact) mass is 498 g/mol. The number of fused-ring (bicyclic) bond motifs is 1. The van der Waals surface area contributed by atoms with Crippen molar-refractivity contribution in [2.24, 2.45) is 0 Å². The van der Waals surface area contributed by atoms with Crippen LogP contribution in [0.2, 0.25) is 0 Å². The van der Waals surface area contributed by atoms with Gasteiger partial charge in [0, 0.05) is 37.2 Å². The molecule has 0 bridgehead atoms. The van der Waals surface area contributed by atoms with Crippen LogP contribution in [-0.2, 0) is 11.3 Å². The topological polar surface area (TPSA) is 60.0 Å². The molecule has 1 spiro atoms. The number of amides is 2. The van der Waals surface area contributed by atoms with Gasteiger partial charge in [0.15, 0.2) is 0 Å². The molecular weight excluding hydrogens is 473 g/mol. The standard InChI is InChI=1S/C27H25F3N2O4/c1-18-3-2-4-22(15-18)31-25(33)32-13-11-26(12-14-32)34-17-21-16-20(7-10-24(21)36-26)19-5-8-23(9-6-19)35-27(28,29)30/h2-10,15-16H,11-14,17H2,1H3,(H,31,33). The number of likely N-dealkylation sites (tertiary alicyclic amines) is 1. The molecule has 0 radical (unpaired) electrons. The molecule has 1 fully saturated rings. The van der Waals surface area contributed by atoms with Crippen molar-refractivity contribution in [3.05, 3.63) is 77.9 Å². The van der Waals surface area contributed by atoms with Gasteiger partial charge in [0.05, 0.1) is 6.61 Å². The Labute approximate surface area is 206 Å². The van der Waals surface area contributed by atoms with Crippen LogP contribution in [-0.4, -0.2) is 36.2 Å². The zero-order valence-electron chi connectivity index (χ0n) is 19.6. The van der Waals surface area contributed by atoms with Crippen molar-refractivity contribution < 1.29 is 32.2 Å². The van der Waals surface area contributed by atoms with Crippen molar-refractivity contribution in [3.63, 3.8) is 0 Å². The minimum Gasteiger partial charge on any atom is -0.462 e. The van der Waals surface area contributed by atoms with Crippen LogP contribution in [0.5, 0.6) is 11.5 Å². The molecule has 9 heteroatoms. The van der Waals surface area contributed by atoms with Gasteiger partial charge in [0.25, 0.3) is 0 Å². The summed E-state index contributed by atoms with van der Waals surface area (Å²) in [6.45, 7) is 3.31. The second-order valence-electron chi connectivity index (χ2n) is 8.98. The number of rotatable bonds is 3. The number of carbonyl (C=O) groups is 1. The van der Waals surface area contributed by atoms with Crippen molar-refractivity contribution in [2.75, 3.05) is 18.4 Å². The molecule has 2 aliphatic rings. The van der Waals surface area contributed by atoms with Crippen molar-refractivity contribution in [2.45, 2.75) is 38.5 Å². The molecule has 36 heavy (non-hydrogen) atoms. The third-order valence-electron chi connectivity index (χ3n) is 6.35. The number of hydrogen-bond acceptors (Lipinski definition) is 4. The SMILES string of the molecule is Cc1cccc(NC(=O)N2CCC3(CC2)OCc2cc(-c4ccc(OC(F)(F)F)cc4)ccc2O3)c1. The van der Waals surface area contributed by atoms with E-state index in [0.717, 1.165) is 27.9 Å². The number of hydrogen-bond donors (Lipinski definition) is 1. The van der Waals surface area contributed by atoms with E-state index in [9.17, 15) is 18.0 Å². The molecule has 3 aromatic rings. The third-order valence-corrected chi connectivity index (χ3v) is 6.35. The average Bonchev–Trinajstić information content (AvgIpc) is 2.84. The number of ether oxygens (including phenoxy) is 3. The Kier molecular flexibility index (Phi) is 6.26. The fourth-order valence-corrected chi connectivity index (χ4v) is 4.48. The molecule has 0 atom stereocenters.